The molecule has 0 spiro atoms. The van der Waals surface area contributed by atoms with Crippen molar-refractivity contribution in [3.8, 4) is 0 Å². The highest BCUT2D eigenvalue weighted by atomic mass is 16.1. The smallest absolute Gasteiger partial charge is 0.190 e. The number of carbonyl (C=O) groups is 1. The van der Waals surface area contributed by atoms with Crippen LogP contribution in [0.1, 0.15) is 38.1 Å². The lowest BCUT2D eigenvalue weighted by Crippen LogP contribution is -2.31. The van der Waals surface area contributed by atoms with Gasteiger partial charge in [0.1, 0.15) is 0 Å². The Kier molecular flexibility index (Phi) is 3.88. The summed E-state index contributed by atoms with van der Waals surface area (Å²) in [6.07, 6.45) is 1.79. The zero-order chi connectivity index (χ0) is 12.2. The highest BCUT2D eigenvalue weighted by Crippen LogP contribution is 2.08. The zero-order valence-electron chi connectivity index (χ0n) is 10.4. The number of ketones is 1. The molecule has 0 atom stereocenters. The molecular formula is C14H19NO. The molecule has 0 amide bonds. The van der Waals surface area contributed by atoms with Crippen LogP contribution in [0, 0.1) is 0 Å². The third-order valence-corrected chi connectivity index (χ3v) is 2.12. The van der Waals surface area contributed by atoms with Gasteiger partial charge in [0.15, 0.2) is 5.78 Å². The van der Waals surface area contributed by atoms with Gasteiger partial charge in [-0.15, -0.1) is 0 Å². The van der Waals surface area contributed by atoms with E-state index in [0.717, 1.165) is 11.1 Å². The first kappa shape index (κ1) is 12.5. The average molecular weight is 217 g/mol. The van der Waals surface area contributed by atoms with Gasteiger partial charge in [-0.25, -0.2) is 0 Å². The van der Waals surface area contributed by atoms with Crippen LogP contribution in [-0.2, 0) is 0 Å². The molecule has 0 saturated heterocycles. The summed E-state index contributed by atoms with van der Waals surface area (Å²) >= 11 is 0. The third-order valence-electron chi connectivity index (χ3n) is 2.12. The van der Waals surface area contributed by atoms with E-state index in [-0.39, 0.29) is 11.3 Å². The van der Waals surface area contributed by atoms with E-state index < -0.39 is 0 Å². The molecule has 16 heavy (non-hydrogen) atoms. The molecule has 0 aromatic heterocycles. The van der Waals surface area contributed by atoms with Crippen molar-refractivity contribution >= 4 is 5.78 Å². The second-order valence-electron chi connectivity index (χ2n) is 4.92. The molecule has 86 valence electrons. The van der Waals surface area contributed by atoms with Gasteiger partial charge in [-0.05, 0) is 27.7 Å². The second-order valence-corrected chi connectivity index (χ2v) is 4.92. The molecule has 0 saturated carbocycles. The summed E-state index contributed by atoms with van der Waals surface area (Å²) in [5.74, 6) is 0.0670. The van der Waals surface area contributed by atoms with Crippen molar-refractivity contribution in [2.45, 2.75) is 33.2 Å². The monoisotopic (exact) mass is 217 g/mol. The fraction of sp³-hybridized carbons (Fsp3) is 0.357. The van der Waals surface area contributed by atoms with Gasteiger partial charge < -0.3 is 5.32 Å². The van der Waals surface area contributed by atoms with Gasteiger partial charge in [0.05, 0.1) is 0 Å². The minimum absolute atomic E-state index is 0.0156. The molecule has 0 aliphatic rings. The summed E-state index contributed by atoms with van der Waals surface area (Å²) < 4.78 is 0. The van der Waals surface area contributed by atoms with Gasteiger partial charge in [-0.2, -0.15) is 0 Å². The minimum atomic E-state index is -0.0156. The maximum absolute atomic E-state index is 12.0. The van der Waals surface area contributed by atoms with E-state index in [4.69, 9.17) is 0 Å². The van der Waals surface area contributed by atoms with E-state index in [1.165, 1.54) is 0 Å². The number of Topliss-reactive ketones (excluding diaryl/α,β-unsaturated/α-hetero) is 1. The van der Waals surface area contributed by atoms with Crippen LogP contribution >= 0.6 is 0 Å². The number of hydrogen-bond acceptors (Lipinski definition) is 2. The van der Waals surface area contributed by atoms with Crippen LogP contribution < -0.4 is 5.32 Å². The lowest BCUT2D eigenvalue weighted by molar-refractivity contribution is 0.103. The Morgan fingerprint density at radius 2 is 1.75 bits per heavy atom. The zero-order valence-corrected chi connectivity index (χ0v) is 10.4. The number of allylic oxidation sites excluding steroid dienone is 1. The van der Waals surface area contributed by atoms with Crippen molar-refractivity contribution < 1.29 is 4.79 Å². The molecule has 0 unspecified atom stereocenters. The molecular weight excluding hydrogens is 198 g/mol. The van der Waals surface area contributed by atoms with Crippen molar-refractivity contribution in [1.29, 1.82) is 0 Å². The topological polar surface area (TPSA) is 29.1 Å². The van der Waals surface area contributed by atoms with Gasteiger partial charge in [0.25, 0.3) is 0 Å². The van der Waals surface area contributed by atoms with E-state index in [1.54, 1.807) is 6.20 Å². The molecule has 0 aliphatic carbocycles. The first-order valence-corrected chi connectivity index (χ1v) is 5.44. The van der Waals surface area contributed by atoms with E-state index in [1.807, 2.05) is 37.3 Å². The predicted octanol–water partition coefficient (Wildman–Crippen LogP) is 3.16. The molecule has 0 aliphatic heterocycles. The van der Waals surface area contributed by atoms with E-state index >= 15 is 0 Å². The van der Waals surface area contributed by atoms with Crippen molar-refractivity contribution in [2.24, 2.45) is 0 Å². The molecule has 2 nitrogen and oxygen atoms in total. The maximum atomic E-state index is 12.0. The fourth-order valence-electron chi connectivity index (χ4n) is 1.21. The lowest BCUT2D eigenvalue weighted by atomic mass is 10.0. The molecule has 0 heterocycles. The molecule has 0 bridgehead atoms. The number of carbonyl (C=O) groups excluding carboxylic acids is 1. The molecule has 0 radical (unpaired) electrons. The largest absolute Gasteiger partial charge is 0.386 e. The molecule has 1 rings (SSSR count). The summed E-state index contributed by atoms with van der Waals surface area (Å²) in [7, 11) is 0. The van der Waals surface area contributed by atoms with Crippen LogP contribution in [0.3, 0.4) is 0 Å². The summed E-state index contributed by atoms with van der Waals surface area (Å²) in [6.45, 7) is 8.01. The average Bonchev–Trinajstić information content (AvgIpc) is 2.25. The number of rotatable bonds is 3. The van der Waals surface area contributed by atoms with Crippen LogP contribution in [0.15, 0.2) is 42.1 Å². The summed E-state index contributed by atoms with van der Waals surface area (Å²) in [5, 5.41) is 3.19. The molecule has 1 aromatic rings. The quantitative estimate of drug-likeness (QED) is 0.622. The standard InChI is InChI=1S/C14H19NO/c1-11(10-15-14(2,3)4)13(16)12-8-6-5-7-9-12/h5-10,15H,1-4H3. The second kappa shape index (κ2) is 4.97. The van der Waals surface area contributed by atoms with E-state index in [0.29, 0.717) is 0 Å². The Hall–Kier alpha value is -1.57. The van der Waals surface area contributed by atoms with Gasteiger partial charge in [0.2, 0.25) is 0 Å². The normalized spacial score (nSPS) is 12.4. The maximum Gasteiger partial charge on any atom is 0.190 e. The fourth-order valence-corrected chi connectivity index (χ4v) is 1.21. The van der Waals surface area contributed by atoms with Crippen molar-refractivity contribution in [1.82, 2.24) is 5.32 Å². The Labute approximate surface area is 97.4 Å². The summed E-state index contributed by atoms with van der Waals surface area (Å²) in [6, 6.07) is 9.31. The van der Waals surface area contributed by atoms with Gasteiger partial charge in [0, 0.05) is 22.9 Å². The summed E-state index contributed by atoms with van der Waals surface area (Å²) in [5.41, 5.74) is 1.44. The Morgan fingerprint density at radius 1 is 1.19 bits per heavy atom. The van der Waals surface area contributed by atoms with E-state index in [2.05, 4.69) is 26.1 Å². The van der Waals surface area contributed by atoms with E-state index in [9.17, 15) is 4.79 Å². The molecule has 0 fully saturated rings. The Bertz CT molecular complexity index is 385. The highest BCUT2D eigenvalue weighted by Gasteiger charge is 2.10. The molecule has 1 aromatic carbocycles. The molecule has 1 N–H and O–H groups in total. The van der Waals surface area contributed by atoms with Gasteiger partial charge >= 0.3 is 0 Å². The Morgan fingerprint density at radius 3 is 2.25 bits per heavy atom. The van der Waals surface area contributed by atoms with Crippen molar-refractivity contribution in [3.05, 3.63) is 47.7 Å². The van der Waals surface area contributed by atoms with Crippen LogP contribution in [0.2, 0.25) is 0 Å². The van der Waals surface area contributed by atoms with Crippen molar-refractivity contribution in [2.75, 3.05) is 0 Å². The van der Waals surface area contributed by atoms with Crippen molar-refractivity contribution in [3.63, 3.8) is 0 Å². The molecule has 2 heteroatoms. The predicted molar refractivity (Wildman–Crippen MR) is 67.4 cm³/mol. The van der Waals surface area contributed by atoms with Crippen LogP contribution in [0.4, 0.5) is 0 Å². The number of benzene rings is 1. The SMILES string of the molecule is CC(=CNC(C)(C)C)C(=O)c1ccccc1. The first-order chi connectivity index (χ1) is 7.40. The highest BCUT2D eigenvalue weighted by molar-refractivity contribution is 6.08. The lowest BCUT2D eigenvalue weighted by Gasteiger charge is -2.19. The minimum Gasteiger partial charge on any atom is -0.386 e. The number of nitrogens with one attached hydrogen (secondary N) is 1. The van der Waals surface area contributed by atoms with Gasteiger partial charge in [-0.1, -0.05) is 30.3 Å². The Balaban J connectivity index is 2.76. The van der Waals surface area contributed by atoms with Crippen LogP contribution in [0.5, 0.6) is 0 Å². The van der Waals surface area contributed by atoms with Crippen LogP contribution in [-0.4, -0.2) is 11.3 Å². The van der Waals surface area contributed by atoms with Gasteiger partial charge in [-0.3, -0.25) is 4.79 Å². The third kappa shape index (κ3) is 3.89. The number of hydrogen-bond donors (Lipinski definition) is 1. The summed E-state index contributed by atoms with van der Waals surface area (Å²) in [4.78, 5) is 12.0. The first-order valence-electron chi connectivity index (χ1n) is 5.44. The van der Waals surface area contributed by atoms with Crippen LogP contribution in [0.25, 0.3) is 0 Å².